The molecule has 0 fully saturated rings. The lowest BCUT2D eigenvalue weighted by molar-refractivity contribution is -0.147. The number of hydrogen-bond donors (Lipinski definition) is 0. The van der Waals surface area contributed by atoms with Crippen molar-refractivity contribution in [3.63, 3.8) is 0 Å². The van der Waals surface area contributed by atoms with Gasteiger partial charge in [0.2, 0.25) is 0 Å². The van der Waals surface area contributed by atoms with E-state index < -0.39 is 17.9 Å². The Morgan fingerprint density at radius 1 is 0.681 bits per heavy atom. The van der Waals surface area contributed by atoms with Crippen LogP contribution in [0.5, 0.6) is 34.5 Å². The number of ketones is 1. The number of carbonyl (C=O) groups excluding carboxylic acids is 4. The summed E-state index contributed by atoms with van der Waals surface area (Å²) in [6.45, 7) is 7.72. The normalized spacial score (nSPS) is 12.6. The summed E-state index contributed by atoms with van der Waals surface area (Å²) in [4.78, 5) is 48.0. The molecule has 1 aliphatic rings. The Kier molecular flexibility index (Phi) is 14.3. The van der Waals surface area contributed by atoms with Crippen LogP contribution in [0.1, 0.15) is 96.7 Å². The number of hydrogen-bond acceptors (Lipinski definition) is 10. The van der Waals surface area contributed by atoms with E-state index in [1.807, 2.05) is 45.0 Å². The van der Waals surface area contributed by atoms with Gasteiger partial charge in [0.25, 0.3) is 0 Å². The Balaban J connectivity index is 0.00000262. The van der Waals surface area contributed by atoms with Gasteiger partial charge in [0, 0.05) is 55.1 Å². The summed E-state index contributed by atoms with van der Waals surface area (Å²) < 4.78 is 33.6. The van der Waals surface area contributed by atoms with Crippen LogP contribution in [0, 0.1) is 0 Å². The maximum absolute atomic E-state index is 12.5. The van der Waals surface area contributed by atoms with Crippen molar-refractivity contribution in [3.8, 4) is 34.5 Å². The third kappa shape index (κ3) is 10.3. The second-order valence-corrected chi connectivity index (χ2v) is 10.6. The van der Waals surface area contributed by atoms with E-state index in [1.54, 1.807) is 44.6 Å². The van der Waals surface area contributed by atoms with E-state index in [1.165, 1.54) is 6.92 Å². The number of esters is 3. The van der Waals surface area contributed by atoms with Gasteiger partial charge in [-0.25, -0.2) is 0 Å². The molecule has 0 saturated carbocycles. The number of Topliss-reactive ketones (excluding diaryl/α,β-unsaturated/α-hetero) is 1. The largest absolute Gasteiger partial charge is 0.497 e. The van der Waals surface area contributed by atoms with Gasteiger partial charge in [0.15, 0.2) is 0 Å². The highest BCUT2D eigenvalue weighted by Crippen LogP contribution is 2.51. The second-order valence-electron chi connectivity index (χ2n) is 10.6. The Hall–Kier alpha value is -4.86. The number of carbonyl (C=O) groups is 4. The number of unbranched alkanes of at least 4 members (excludes halogenated alkanes) is 1. The molecule has 3 aromatic carbocycles. The molecule has 0 radical (unpaired) electrons. The third-order valence-electron chi connectivity index (χ3n) is 7.19. The fourth-order valence-corrected chi connectivity index (χ4v) is 4.99. The van der Waals surface area contributed by atoms with Crippen LogP contribution >= 0.6 is 0 Å². The summed E-state index contributed by atoms with van der Waals surface area (Å²) in [5.41, 5.74) is 2.45. The fourth-order valence-electron chi connectivity index (χ4n) is 4.99. The van der Waals surface area contributed by atoms with Gasteiger partial charge in [-0.2, -0.15) is 0 Å². The zero-order valence-corrected chi connectivity index (χ0v) is 28.0. The van der Waals surface area contributed by atoms with Crippen molar-refractivity contribution in [2.45, 2.75) is 78.6 Å². The van der Waals surface area contributed by atoms with Crippen LogP contribution in [0.2, 0.25) is 0 Å². The van der Waals surface area contributed by atoms with E-state index in [4.69, 9.17) is 28.4 Å². The predicted octanol–water partition coefficient (Wildman–Crippen LogP) is 7.96. The van der Waals surface area contributed by atoms with Gasteiger partial charge in [-0.15, -0.1) is 0 Å². The summed E-state index contributed by atoms with van der Waals surface area (Å²) >= 11 is 0. The molecule has 0 aromatic heterocycles. The van der Waals surface area contributed by atoms with Crippen molar-refractivity contribution in [1.29, 1.82) is 0 Å². The van der Waals surface area contributed by atoms with E-state index in [2.05, 4.69) is 0 Å². The highest BCUT2D eigenvalue weighted by Gasteiger charge is 2.32. The number of fused-ring (bicyclic) bond motifs is 2. The lowest BCUT2D eigenvalue weighted by Crippen LogP contribution is -2.15. The molecule has 0 N–H and O–H groups in total. The zero-order valence-electron chi connectivity index (χ0n) is 28.0. The van der Waals surface area contributed by atoms with Crippen molar-refractivity contribution in [3.05, 3.63) is 71.3 Å². The van der Waals surface area contributed by atoms with Crippen LogP contribution in [-0.4, -0.2) is 44.5 Å². The van der Waals surface area contributed by atoms with Gasteiger partial charge in [-0.1, -0.05) is 39.0 Å². The highest BCUT2D eigenvalue weighted by molar-refractivity contribution is 5.79. The average Bonchev–Trinajstić information content (AvgIpc) is 3.07. The summed E-state index contributed by atoms with van der Waals surface area (Å²) in [6.07, 6.45) is 2.28. The van der Waals surface area contributed by atoms with E-state index in [-0.39, 0.29) is 38.1 Å². The van der Waals surface area contributed by atoms with Crippen molar-refractivity contribution >= 4 is 23.7 Å². The number of rotatable bonds is 15. The van der Waals surface area contributed by atoms with Gasteiger partial charge in [-0.3, -0.25) is 14.4 Å². The minimum Gasteiger partial charge on any atom is -0.497 e. The fraction of sp³-hybridized carbons (Fsp3) is 0.405. The lowest BCUT2D eigenvalue weighted by Gasteiger charge is -2.30. The van der Waals surface area contributed by atoms with Crippen LogP contribution in [-0.2, 0) is 23.9 Å². The second kappa shape index (κ2) is 18.3. The quantitative estimate of drug-likeness (QED) is 0.0711. The summed E-state index contributed by atoms with van der Waals surface area (Å²) in [6, 6.07) is 15.9. The molecule has 10 heteroatoms. The maximum atomic E-state index is 12.5. The van der Waals surface area contributed by atoms with Gasteiger partial charge in [-0.05, 0) is 44.4 Å². The standard InChI is InChI=1S/C35H38O10.C2H6.H2/c1-5-18-42-32(37)16-17-34(39)44-25-12-15-28-31(21-25)45-30-20-24(43-33(38)9-7-6-8-22(2)36)11-14-27(30)35(28)26-13-10-23(40-3)19-29(26)41-4;1-2;/h10-15,19-21,35H,5-9,16-18H2,1-4H3;1-2H3;1H. The first-order valence-electron chi connectivity index (χ1n) is 16.0. The average molecular weight is 651 g/mol. The molecule has 4 rings (SSSR count). The molecule has 0 aliphatic carbocycles. The van der Waals surface area contributed by atoms with Crippen LogP contribution in [0.3, 0.4) is 0 Å². The first kappa shape index (κ1) is 36.6. The lowest BCUT2D eigenvalue weighted by atomic mass is 9.82. The van der Waals surface area contributed by atoms with Gasteiger partial charge in [0.1, 0.15) is 40.3 Å². The zero-order chi connectivity index (χ0) is 34.3. The molecule has 1 atom stereocenters. The first-order valence-corrected chi connectivity index (χ1v) is 16.0. The molecule has 0 amide bonds. The maximum Gasteiger partial charge on any atom is 0.311 e. The van der Waals surface area contributed by atoms with Gasteiger partial charge < -0.3 is 33.2 Å². The minimum absolute atomic E-state index is 0. The topological polar surface area (TPSA) is 124 Å². The van der Waals surface area contributed by atoms with Crippen LogP contribution in [0.25, 0.3) is 0 Å². The van der Waals surface area contributed by atoms with Gasteiger partial charge >= 0.3 is 17.9 Å². The molecule has 1 heterocycles. The first-order chi connectivity index (χ1) is 22.7. The molecule has 47 heavy (non-hydrogen) atoms. The van der Waals surface area contributed by atoms with Crippen molar-refractivity contribution in [2.24, 2.45) is 0 Å². The van der Waals surface area contributed by atoms with Crippen molar-refractivity contribution in [2.75, 3.05) is 20.8 Å². The minimum atomic E-state index is -0.578. The van der Waals surface area contributed by atoms with E-state index in [9.17, 15) is 19.2 Å². The van der Waals surface area contributed by atoms with Crippen molar-refractivity contribution < 1.29 is 49.0 Å². The predicted molar refractivity (Wildman–Crippen MR) is 178 cm³/mol. The molecular weight excluding hydrogens is 604 g/mol. The Morgan fingerprint density at radius 3 is 1.77 bits per heavy atom. The molecule has 10 nitrogen and oxygen atoms in total. The molecule has 0 spiro atoms. The SMILES string of the molecule is CC.CCCOC(=O)CCC(=O)Oc1ccc2c(c1)Oc1cc(OC(=O)CCCCC(C)=O)ccc1C2c1ccc(OC)cc1OC.[HH]. The number of methoxy groups -OCH3 is 2. The van der Waals surface area contributed by atoms with E-state index >= 15 is 0 Å². The van der Waals surface area contributed by atoms with Crippen LogP contribution < -0.4 is 23.7 Å². The highest BCUT2D eigenvalue weighted by atomic mass is 16.5. The molecule has 3 aromatic rings. The summed E-state index contributed by atoms with van der Waals surface area (Å²) in [5.74, 6) is 0.982. The monoisotopic (exact) mass is 650 g/mol. The number of ether oxygens (including phenoxy) is 6. The summed E-state index contributed by atoms with van der Waals surface area (Å²) in [7, 11) is 3.16. The van der Waals surface area contributed by atoms with E-state index in [0.29, 0.717) is 61.0 Å². The third-order valence-corrected chi connectivity index (χ3v) is 7.19. The van der Waals surface area contributed by atoms with E-state index in [0.717, 1.165) is 16.7 Å². The molecule has 0 saturated heterocycles. The number of benzene rings is 3. The Labute approximate surface area is 277 Å². The molecule has 0 bridgehead atoms. The molecule has 1 aliphatic heterocycles. The molecular formula is C37H46O10. The Morgan fingerprint density at radius 2 is 1.21 bits per heavy atom. The summed E-state index contributed by atoms with van der Waals surface area (Å²) in [5, 5.41) is 0. The van der Waals surface area contributed by atoms with Crippen LogP contribution in [0.15, 0.2) is 54.6 Å². The Bertz CT molecular complexity index is 1550. The van der Waals surface area contributed by atoms with Gasteiger partial charge in [0.05, 0.1) is 33.7 Å². The molecule has 1 unspecified atom stereocenters. The van der Waals surface area contributed by atoms with Crippen molar-refractivity contribution in [1.82, 2.24) is 0 Å². The molecule has 254 valence electrons. The smallest absolute Gasteiger partial charge is 0.311 e. The van der Waals surface area contributed by atoms with Crippen LogP contribution in [0.4, 0.5) is 0 Å².